The van der Waals surface area contributed by atoms with Crippen molar-refractivity contribution in [3.63, 3.8) is 0 Å². The van der Waals surface area contributed by atoms with Crippen LogP contribution in [0.1, 0.15) is 52.3 Å². The third-order valence-corrected chi connectivity index (χ3v) is 11.7. The molecular formula is C48H44N4S. The molecular weight excluding hydrogens is 665 g/mol. The zero-order valence-corrected chi connectivity index (χ0v) is 32.1. The molecule has 0 bridgehead atoms. The second-order valence-electron chi connectivity index (χ2n) is 14.4. The number of rotatable bonds is 9. The van der Waals surface area contributed by atoms with Crippen LogP contribution < -0.4 is 9.80 Å². The van der Waals surface area contributed by atoms with Crippen LogP contribution in [-0.4, -0.2) is 18.8 Å². The largest absolute Gasteiger partial charge is 0.310 e. The molecule has 0 unspecified atom stereocenters. The molecule has 0 heterocycles. The summed E-state index contributed by atoms with van der Waals surface area (Å²) in [4.78, 5) is 6.04. The summed E-state index contributed by atoms with van der Waals surface area (Å²) in [6.07, 6.45) is 15.5. The van der Waals surface area contributed by atoms with Crippen LogP contribution in [-0.2, 0) is 6.42 Å². The molecule has 6 aromatic rings. The van der Waals surface area contributed by atoms with E-state index < -0.39 is 10.0 Å². The summed E-state index contributed by atoms with van der Waals surface area (Å²) in [6, 6.07) is 44.9. The Bertz CT molecular complexity index is 2450. The summed E-state index contributed by atoms with van der Waals surface area (Å²) in [5.74, 6) is 0. The van der Waals surface area contributed by atoms with Gasteiger partial charge in [-0.3, -0.25) is 0 Å². The van der Waals surface area contributed by atoms with E-state index >= 15 is 0 Å². The van der Waals surface area contributed by atoms with E-state index in [1.54, 1.807) is 0 Å². The number of anilines is 5. The van der Waals surface area contributed by atoms with Gasteiger partial charge in [-0.05, 0) is 163 Å². The molecule has 0 saturated carbocycles. The van der Waals surface area contributed by atoms with E-state index in [1.165, 1.54) is 43.5 Å². The van der Waals surface area contributed by atoms with Gasteiger partial charge in [-0.15, -0.1) is 0 Å². The molecule has 0 amide bonds. The van der Waals surface area contributed by atoms with Crippen molar-refractivity contribution >= 4 is 61.0 Å². The molecule has 53 heavy (non-hydrogen) atoms. The number of allylic oxidation sites excluding steroid dienone is 2. The van der Waals surface area contributed by atoms with Gasteiger partial charge in [0.05, 0.1) is 29.0 Å². The average Bonchev–Trinajstić information content (AvgIpc) is 3.17. The molecule has 262 valence electrons. The average molecular weight is 709 g/mol. The molecule has 0 aliphatic heterocycles. The second kappa shape index (κ2) is 14.5. The van der Waals surface area contributed by atoms with Crippen molar-refractivity contribution in [2.45, 2.75) is 38.5 Å². The lowest BCUT2D eigenvalue weighted by Gasteiger charge is -2.33. The molecule has 1 aliphatic carbocycles. The van der Waals surface area contributed by atoms with Crippen LogP contribution in [0, 0.1) is 36.5 Å². The fourth-order valence-electron chi connectivity index (χ4n) is 7.31. The van der Waals surface area contributed by atoms with Crippen LogP contribution >= 0.6 is 10.0 Å². The summed E-state index contributed by atoms with van der Waals surface area (Å²) < 4.78 is 0. The summed E-state index contributed by atoms with van der Waals surface area (Å²) in [6.45, 7) is 6.51. The highest BCUT2D eigenvalue weighted by atomic mass is 32.3. The zero-order valence-electron chi connectivity index (χ0n) is 31.3. The minimum absolute atomic E-state index is 0.636. The Morgan fingerprint density at radius 3 is 1.81 bits per heavy atom. The Kier molecular flexibility index (Phi) is 9.72. The Hall–Kier alpha value is -6.01. The van der Waals surface area contributed by atoms with Crippen LogP contribution in [0.5, 0.6) is 0 Å². The first-order chi connectivity index (χ1) is 25.6. The number of hydrogen-bond donors (Lipinski definition) is 0. The molecule has 0 aromatic heterocycles. The standard InChI is InChI=1S/C48H44N4S/c1-7-9-46(51(38-20-14-35(31-49)15-21-38)40-24-26-41(27-25-40)53(4,5)6)43-29-28-42-34(3)30-47(45-11-8-10-44(43)48(42)45)52(37-18-12-33(2)13-19-37)39-22-16-36(32-50)17-23-39/h8-9,11-30H,7,10H2,1-6H3/b46-9+. The number of nitriles is 2. The van der Waals surface area contributed by atoms with Gasteiger partial charge in [0.15, 0.2) is 0 Å². The molecule has 4 nitrogen and oxygen atoms in total. The minimum Gasteiger partial charge on any atom is -0.310 e. The van der Waals surface area contributed by atoms with Crippen LogP contribution in [0.15, 0.2) is 132 Å². The third-order valence-electron chi connectivity index (χ3n) is 10.0. The molecule has 6 aromatic carbocycles. The van der Waals surface area contributed by atoms with E-state index in [9.17, 15) is 10.5 Å². The quantitative estimate of drug-likeness (QED) is 0.150. The van der Waals surface area contributed by atoms with E-state index in [2.05, 4.69) is 159 Å². The topological polar surface area (TPSA) is 54.1 Å². The van der Waals surface area contributed by atoms with Crippen LogP contribution in [0.3, 0.4) is 0 Å². The zero-order chi connectivity index (χ0) is 37.3. The van der Waals surface area contributed by atoms with Gasteiger partial charge in [0, 0.05) is 39.6 Å². The molecule has 5 heteroatoms. The maximum atomic E-state index is 9.63. The van der Waals surface area contributed by atoms with Crippen LogP contribution in [0.4, 0.5) is 28.4 Å². The van der Waals surface area contributed by atoms with Gasteiger partial charge in [0.25, 0.3) is 0 Å². The van der Waals surface area contributed by atoms with E-state index in [0.717, 1.165) is 47.0 Å². The van der Waals surface area contributed by atoms with Crippen molar-refractivity contribution in [1.82, 2.24) is 0 Å². The molecule has 0 fully saturated rings. The number of aryl methyl sites for hydroxylation is 2. The lowest BCUT2D eigenvalue weighted by Crippen LogP contribution is -2.18. The summed E-state index contributed by atoms with van der Waals surface area (Å²) >= 11 is 0. The molecule has 0 radical (unpaired) electrons. The molecule has 0 saturated heterocycles. The van der Waals surface area contributed by atoms with Crippen molar-refractivity contribution in [2.75, 3.05) is 28.6 Å². The monoisotopic (exact) mass is 708 g/mol. The molecule has 0 spiro atoms. The third kappa shape index (κ3) is 6.85. The van der Waals surface area contributed by atoms with Gasteiger partial charge in [0.2, 0.25) is 0 Å². The van der Waals surface area contributed by atoms with E-state index in [0.29, 0.717) is 11.1 Å². The SMILES string of the molecule is CC/C=C(\c1ccc2c(C)cc(N(c3ccc(C)cc3)c3ccc(C#N)cc3)c3c2c1CC=C3)N(c1ccc(C#N)cc1)c1ccc(S(C)(C)C)cc1. The predicted molar refractivity (Wildman–Crippen MR) is 227 cm³/mol. The summed E-state index contributed by atoms with van der Waals surface area (Å²) in [5.41, 5.74) is 13.7. The summed E-state index contributed by atoms with van der Waals surface area (Å²) in [7, 11) is -0.890. The second-order valence-corrected chi connectivity index (χ2v) is 18.5. The van der Waals surface area contributed by atoms with Gasteiger partial charge in [-0.2, -0.15) is 10.5 Å². The van der Waals surface area contributed by atoms with Gasteiger partial charge in [-0.25, -0.2) is 10.0 Å². The fraction of sp³-hybridized carbons (Fsp3) is 0.167. The lowest BCUT2D eigenvalue weighted by molar-refractivity contribution is 1.17. The molecule has 1 aliphatic rings. The maximum absolute atomic E-state index is 9.63. The highest BCUT2D eigenvalue weighted by Crippen LogP contribution is 2.48. The number of nitrogens with zero attached hydrogens (tertiary/aromatic N) is 4. The van der Waals surface area contributed by atoms with Crippen molar-refractivity contribution < 1.29 is 0 Å². The van der Waals surface area contributed by atoms with E-state index in [4.69, 9.17) is 0 Å². The fourth-order valence-corrected chi connectivity index (χ4v) is 8.26. The van der Waals surface area contributed by atoms with Gasteiger partial charge in [-0.1, -0.05) is 55.0 Å². The van der Waals surface area contributed by atoms with Crippen molar-refractivity contribution in [1.29, 1.82) is 10.5 Å². The van der Waals surface area contributed by atoms with Crippen molar-refractivity contribution in [3.05, 3.63) is 166 Å². The predicted octanol–water partition coefficient (Wildman–Crippen LogP) is 12.9. The van der Waals surface area contributed by atoms with E-state index in [-0.39, 0.29) is 0 Å². The van der Waals surface area contributed by atoms with Crippen molar-refractivity contribution in [2.24, 2.45) is 0 Å². The Labute approximate surface area is 315 Å². The van der Waals surface area contributed by atoms with Gasteiger partial charge in [0.1, 0.15) is 0 Å². The normalized spacial score (nSPS) is 12.6. The van der Waals surface area contributed by atoms with Gasteiger partial charge >= 0.3 is 0 Å². The number of hydrogen-bond acceptors (Lipinski definition) is 4. The molecule has 0 atom stereocenters. The van der Waals surface area contributed by atoms with Gasteiger partial charge < -0.3 is 9.80 Å². The van der Waals surface area contributed by atoms with Crippen molar-refractivity contribution in [3.8, 4) is 12.1 Å². The first-order valence-electron chi connectivity index (χ1n) is 18.0. The maximum Gasteiger partial charge on any atom is 0.0991 e. The highest BCUT2D eigenvalue weighted by molar-refractivity contribution is 8.32. The highest BCUT2D eigenvalue weighted by Gasteiger charge is 2.26. The Morgan fingerprint density at radius 2 is 1.26 bits per heavy atom. The van der Waals surface area contributed by atoms with Crippen LogP contribution in [0.2, 0.25) is 0 Å². The smallest absolute Gasteiger partial charge is 0.0991 e. The first-order valence-corrected chi connectivity index (χ1v) is 20.9. The number of benzene rings is 6. The minimum atomic E-state index is -0.890. The first kappa shape index (κ1) is 35.4. The lowest BCUT2D eigenvalue weighted by atomic mass is 9.85. The summed E-state index contributed by atoms with van der Waals surface area (Å²) in [5, 5.41) is 21.7. The Balaban J connectivity index is 1.47. The molecule has 7 rings (SSSR count). The van der Waals surface area contributed by atoms with E-state index in [1.807, 2.05) is 36.4 Å². The molecule has 0 N–H and O–H groups in total. The van der Waals surface area contributed by atoms with Crippen LogP contribution in [0.25, 0.3) is 22.5 Å². The Morgan fingerprint density at radius 1 is 0.717 bits per heavy atom.